The van der Waals surface area contributed by atoms with Crippen molar-refractivity contribution in [3.8, 4) is 0 Å². The van der Waals surface area contributed by atoms with E-state index < -0.39 is 0 Å². The first kappa shape index (κ1) is 14.4. The van der Waals surface area contributed by atoms with Crippen LogP contribution in [0.15, 0.2) is 0 Å². The summed E-state index contributed by atoms with van der Waals surface area (Å²) < 4.78 is 10.1. The van der Waals surface area contributed by atoms with Crippen LogP contribution in [-0.2, 0) is 14.3 Å². The van der Waals surface area contributed by atoms with E-state index in [0.29, 0.717) is 6.04 Å². The zero-order valence-electron chi connectivity index (χ0n) is 11.1. The number of hydrogen-bond acceptors (Lipinski definition) is 5. The summed E-state index contributed by atoms with van der Waals surface area (Å²) in [7, 11) is 5.32. The molecule has 0 spiro atoms. The molecule has 1 atom stereocenters. The Balaban J connectivity index is 2.29. The Bertz CT molecular complexity index is 230. The van der Waals surface area contributed by atoms with Crippen molar-refractivity contribution in [1.82, 2.24) is 10.2 Å². The Kier molecular flexibility index (Phi) is 6.47. The van der Waals surface area contributed by atoms with Gasteiger partial charge in [0.1, 0.15) is 6.04 Å². The predicted molar refractivity (Wildman–Crippen MR) is 66.0 cm³/mol. The summed E-state index contributed by atoms with van der Waals surface area (Å²) in [5.74, 6) is -0.187. The highest BCUT2D eigenvalue weighted by Crippen LogP contribution is 2.13. The summed E-state index contributed by atoms with van der Waals surface area (Å²) in [6, 6.07) is 0.376. The molecule has 0 aromatic carbocycles. The second kappa shape index (κ2) is 7.63. The molecule has 1 aliphatic rings. The highest BCUT2D eigenvalue weighted by molar-refractivity contribution is 5.75. The predicted octanol–water partition coefficient (Wildman–Crippen LogP) is 0.248. The summed E-state index contributed by atoms with van der Waals surface area (Å²) in [5.41, 5.74) is 0. The van der Waals surface area contributed by atoms with Crippen molar-refractivity contribution < 1.29 is 14.3 Å². The fourth-order valence-electron chi connectivity index (χ4n) is 2.16. The van der Waals surface area contributed by atoms with Crippen LogP contribution in [0.5, 0.6) is 0 Å². The first-order chi connectivity index (χ1) is 8.19. The van der Waals surface area contributed by atoms with Crippen LogP contribution >= 0.6 is 0 Å². The molecule has 1 heterocycles. The van der Waals surface area contributed by atoms with Gasteiger partial charge < -0.3 is 19.7 Å². The van der Waals surface area contributed by atoms with Gasteiger partial charge in [-0.05, 0) is 33.4 Å². The molecule has 0 aromatic heterocycles. The van der Waals surface area contributed by atoms with Gasteiger partial charge in [-0.3, -0.25) is 4.79 Å². The largest absolute Gasteiger partial charge is 0.468 e. The molecule has 5 nitrogen and oxygen atoms in total. The van der Waals surface area contributed by atoms with Crippen LogP contribution in [0.3, 0.4) is 0 Å². The van der Waals surface area contributed by atoms with E-state index in [1.807, 2.05) is 0 Å². The van der Waals surface area contributed by atoms with Gasteiger partial charge in [0.25, 0.3) is 0 Å². The third kappa shape index (κ3) is 4.61. The van der Waals surface area contributed by atoms with Crippen LogP contribution in [-0.4, -0.2) is 63.9 Å². The van der Waals surface area contributed by atoms with E-state index in [2.05, 4.69) is 17.3 Å². The van der Waals surface area contributed by atoms with Crippen LogP contribution in [0, 0.1) is 0 Å². The molecule has 1 saturated heterocycles. The van der Waals surface area contributed by atoms with Crippen LogP contribution in [0.4, 0.5) is 0 Å². The van der Waals surface area contributed by atoms with Gasteiger partial charge in [-0.2, -0.15) is 0 Å². The molecule has 1 N–H and O–H groups in total. The molecule has 1 aliphatic heterocycles. The van der Waals surface area contributed by atoms with Crippen molar-refractivity contribution in [1.29, 1.82) is 0 Å². The topological polar surface area (TPSA) is 50.8 Å². The second-order valence-electron chi connectivity index (χ2n) is 4.48. The lowest BCUT2D eigenvalue weighted by molar-refractivity contribution is -0.143. The maximum absolute atomic E-state index is 11.4. The Morgan fingerprint density at radius 1 is 1.53 bits per heavy atom. The van der Waals surface area contributed by atoms with E-state index in [1.54, 1.807) is 7.05 Å². The number of carbonyl (C=O) groups is 1. The molecule has 0 amide bonds. The molecule has 0 radical (unpaired) electrons. The highest BCUT2D eigenvalue weighted by atomic mass is 16.5. The molecule has 100 valence electrons. The second-order valence-corrected chi connectivity index (χ2v) is 4.48. The van der Waals surface area contributed by atoms with Crippen molar-refractivity contribution in [2.24, 2.45) is 0 Å². The van der Waals surface area contributed by atoms with Gasteiger partial charge >= 0.3 is 5.97 Å². The summed E-state index contributed by atoms with van der Waals surface area (Å²) in [4.78, 5) is 13.7. The monoisotopic (exact) mass is 244 g/mol. The number of methoxy groups -OCH3 is 1. The third-order valence-electron chi connectivity index (χ3n) is 3.42. The molecule has 1 fully saturated rings. The SMILES string of the molecule is CNC(CCN(C)C1CCOCC1)C(=O)OC. The minimum atomic E-state index is -0.206. The van der Waals surface area contributed by atoms with Crippen molar-refractivity contribution in [2.75, 3.05) is 41.0 Å². The average Bonchev–Trinajstić information content (AvgIpc) is 2.39. The van der Waals surface area contributed by atoms with Gasteiger partial charge in [-0.15, -0.1) is 0 Å². The molecule has 0 bridgehead atoms. The van der Waals surface area contributed by atoms with Gasteiger partial charge in [0.05, 0.1) is 7.11 Å². The molecule has 0 aliphatic carbocycles. The Morgan fingerprint density at radius 2 is 2.18 bits per heavy atom. The summed E-state index contributed by atoms with van der Waals surface area (Å²) >= 11 is 0. The van der Waals surface area contributed by atoms with Crippen molar-refractivity contribution >= 4 is 5.97 Å². The number of carbonyl (C=O) groups excluding carboxylic acids is 1. The lowest BCUT2D eigenvalue weighted by atomic mass is 10.1. The third-order valence-corrected chi connectivity index (χ3v) is 3.42. The first-order valence-corrected chi connectivity index (χ1v) is 6.22. The zero-order chi connectivity index (χ0) is 12.7. The lowest BCUT2D eigenvalue weighted by Crippen LogP contribution is -2.42. The molecule has 0 saturated carbocycles. The number of nitrogens with one attached hydrogen (secondary N) is 1. The van der Waals surface area contributed by atoms with Crippen LogP contribution in [0.25, 0.3) is 0 Å². The molecular formula is C12H24N2O3. The maximum Gasteiger partial charge on any atom is 0.322 e. The van der Waals surface area contributed by atoms with E-state index in [1.165, 1.54) is 7.11 Å². The van der Waals surface area contributed by atoms with E-state index in [-0.39, 0.29) is 12.0 Å². The number of likely N-dealkylation sites (N-methyl/N-ethyl adjacent to an activating group) is 1. The van der Waals surface area contributed by atoms with Gasteiger partial charge in [-0.25, -0.2) is 0 Å². The molecule has 0 aromatic rings. The number of ether oxygens (including phenoxy) is 2. The molecule has 1 unspecified atom stereocenters. The fraction of sp³-hybridized carbons (Fsp3) is 0.917. The number of hydrogen-bond donors (Lipinski definition) is 1. The zero-order valence-corrected chi connectivity index (χ0v) is 11.1. The quantitative estimate of drug-likeness (QED) is 0.679. The molecule has 5 heteroatoms. The average molecular weight is 244 g/mol. The smallest absolute Gasteiger partial charge is 0.322 e. The summed E-state index contributed by atoms with van der Waals surface area (Å²) in [6.07, 6.45) is 2.94. The van der Waals surface area contributed by atoms with Crippen molar-refractivity contribution in [3.05, 3.63) is 0 Å². The fourth-order valence-corrected chi connectivity index (χ4v) is 2.16. The minimum absolute atomic E-state index is 0.187. The number of nitrogens with zero attached hydrogens (tertiary/aromatic N) is 1. The van der Waals surface area contributed by atoms with Gasteiger partial charge in [-0.1, -0.05) is 0 Å². The molecule has 17 heavy (non-hydrogen) atoms. The Morgan fingerprint density at radius 3 is 2.71 bits per heavy atom. The van der Waals surface area contributed by atoms with E-state index >= 15 is 0 Å². The number of esters is 1. The summed E-state index contributed by atoms with van der Waals surface area (Å²) in [5, 5.41) is 2.99. The first-order valence-electron chi connectivity index (χ1n) is 6.22. The van der Waals surface area contributed by atoms with Gasteiger partial charge in [0.2, 0.25) is 0 Å². The minimum Gasteiger partial charge on any atom is -0.468 e. The lowest BCUT2D eigenvalue weighted by Gasteiger charge is -2.31. The van der Waals surface area contributed by atoms with Crippen LogP contribution in [0.2, 0.25) is 0 Å². The Hall–Kier alpha value is -0.650. The summed E-state index contributed by atoms with van der Waals surface area (Å²) in [6.45, 7) is 2.59. The van der Waals surface area contributed by atoms with Crippen molar-refractivity contribution in [3.63, 3.8) is 0 Å². The van der Waals surface area contributed by atoms with E-state index in [9.17, 15) is 4.79 Å². The van der Waals surface area contributed by atoms with Gasteiger partial charge in [0.15, 0.2) is 0 Å². The highest BCUT2D eigenvalue weighted by Gasteiger charge is 2.21. The normalized spacial score (nSPS) is 19.3. The number of rotatable bonds is 6. The Labute approximate surface area is 103 Å². The van der Waals surface area contributed by atoms with Crippen LogP contribution < -0.4 is 5.32 Å². The van der Waals surface area contributed by atoms with Crippen LogP contribution in [0.1, 0.15) is 19.3 Å². The molecular weight excluding hydrogens is 220 g/mol. The van der Waals surface area contributed by atoms with E-state index in [4.69, 9.17) is 9.47 Å². The van der Waals surface area contributed by atoms with Gasteiger partial charge in [0, 0.05) is 25.8 Å². The van der Waals surface area contributed by atoms with E-state index in [0.717, 1.165) is 39.0 Å². The maximum atomic E-state index is 11.4. The molecule has 1 rings (SSSR count). The van der Waals surface area contributed by atoms with Crippen molar-refractivity contribution in [2.45, 2.75) is 31.3 Å². The standard InChI is InChI=1S/C12H24N2O3/c1-13-11(12(15)16-3)4-7-14(2)10-5-8-17-9-6-10/h10-11,13H,4-9H2,1-3H3.